The van der Waals surface area contributed by atoms with Crippen LogP contribution < -0.4 is 16.1 Å². The average molecular weight is 217 g/mol. The minimum Gasteiger partial charge on any atom is -0.371 e. The minimum atomic E-state index is -0.909. The summed E-state index contributed by atoms with van der Waals surface area (Å²) in [6, 6.07) is -0.909. The average Bonchev–Trinajstić information content (AvgIpc) is 2.15. The fourth-order valence-electron chi connectivity index (χ4n) is 0.951. The molecule has 0 fully saturated rings. The van der Waals surface area contributed by atoms with Crippen LogP contribution in [-0.4, -0.2) is 37.9 Å². The molecule has 0 saturated carbocycles. The van der Waals surface area contributed by atoms with Gasteiger partial charge in [-0.25, -0.2) is 0 Å². The Kier molecular flexibility index (Phi) is 6.03. The molecule has 7 heteroatoms. The SMILES string of the molecule is CNOC(=O)CC(NC(C)=O)C(=O)NC. The van der Waals surface area contributed by atoms with Gasteiger partial charge < -0.3 is 15.5 Å². The Morgan fingerprint density at radius 1 is 1.27 bits per heavy atom. The summed E-state index contributed by atoms with van der Waals surface area (Å²) >= 11 is 0. The zero-order chi connectivity index (χ0) is 11.8. The lowest BCUT2D eigenvalue weighted by atomic mass is 10.2. The zero-order valence-electron chi connectivity index (χ0n) is 8.92. The first-order valence-electron chi connectivity index (χ1n) is 4.36. The van der Waals surface area contributed by atoms with E-state index in [-0.39, 0.29) is 12.3 Å². The van der Waals surface area contributed by atoms with Crippen molar-refractivity contribution in [1.29, 1.82) is 0 Å². The van der Waals surface area contributed by atoms with Crippen LogP contribution in [0, 0.1) is 0 Å². The van der Waals surface area contributed by atoms with Gasteiger partial charge in [-0.3, -0.25) is 14.4 Å². The Morgan fingerprint density at radius 3 is 2.27 bits per heavy atom. The number of likely N-dealkylation sites (N-methyl/N-ethyl adjacent to an activating group) is 1. The summed E-state index contributed by atoms with van der Waals surface area (Å²) in [6.07, 6.45) is -0.222. The Hall–Kier alpha value is -1.63. The smallest absolute Gasteiger partial charge is 0.327 e. The molecule has 86 valence electrons. The third-order valence-corrected chi connectivity index (χ3v) is 1.53. The molecule has 1 atom stereocenters. The van der Waals surface area contributed by atoms with Gasteiger partial charge in [0.2, 0.25) is 11.8 Å². The van der Waals surface area contributed by atoms with E-state index in [2.05, 4.69) is 21.0 Å². The summed E-state index contributed by atoms with van der Waals surface area (Å²) in [5.41, 5.74) is 2.19. The summed E-state index contributed by atoms with van der Waals surface area (Å²) in [4.78, 5) is 37.5. The zero-order valence-corrected chi connectivity index (χ0v) is 8.92. The number of hydroxylamine groups is 1. The lowest BCUT2D eigenvalue weighted by Crippen LogP contribution is -2.46. The van der Waals surface area contributed by atoms with Gasteiger partial charge in [0.05, 0.1) is 6.42 Å². The van der Waals surface area contributed by atoms with Crippen LogP contribution in [0.3, 0.4) is 0 Å². The lowest BCUT2D eigenvalue weighted by molar-refractivity contribution is -0.151. The molecular weight excluding hydrogens is 202 g/mol. The van der Waals surface area contributed by atoms with Crippen molar-refractivity contribution in [2.24, 2.45) is 0 Å². The molecule has 0 aliphatic rings. The predicted octanol–water partition coefficient (Wildman–Crippen LogP) is -1.70. The fraction of sp³-hybridized carbons (Fsp3) is 0.625. The van der Waals surface area contributed by atoms with E-state index in [9.17, 15) is 14.4 Å². The van der Waals surface area contributed by atoms with Gasteiger partial charge in [0.25, 0.3) is 0 Å². The highest BCUT2D eigenvalue weighted by molar-refractivity contribution is 5.90. The van der Waals surface area contributed by atoms with Gasteiger partial charge in [0, 0.05) is 21.0 Å². The first kappa shape index (κ1) is 13.4. The maximum atomic E-state index is 11.2. The summed E-state index contributed by atoms with van der Waals surface area (Å²) in [5, 5.41) is 4.68. The number of nitrogens with one attached hydrogen (secondary N) is 3. The number of hydrogen-bond acceptors (Lipinski definition) is 5. The van der Waals surface area contributed by atoms with E-state index in [1.807, 2.05) is 0 Å². The van der Waals surface area contributed by atoms with Crippen molar-refractivity contribution in [2.75, 3.05) is 14.1 Å². The highest BCUT2D eigenvalue weighted by Crippen LogP contribution is 1.94. The molecule has 0 aliphatic heterocycles. The monoisotopic (exact) mass is 217 g/mol. The minimum absolute atomic E-state index is 0.222. The van der Waals surface area contributed by atoms with Crippen LogP contribution in [0.2, 0.25) is 0 Å². The third kappa shape index (κ3) is 5.63. The van der Waals surface area contributed by atoms with Gasteiger partial charge in [0.15, 0.2) is 0 Å². The molecule has 0 heterocycles. The number of carbonyl (C=O) groups is 3. The molecule has 0 radical (unpaired) electrons. The van der Waals surface area contributed by atoms with Gasteiger partial charge in [0.1, 0.15) is 6.04 Å². The van der Waals surface area contributed by atoms with E-state index < -0.39 is 17.9 Å². The lowest BCUT2D eigenvalue weighted by Gasteiger charge is -2.14. The molecule has 1 unspecified atom stereocenters. The second kappa shape index (κ2) is 6.77. The van der Waals surface area contributed by atoms with Crippen molar-refractivity contribution in [3.05, 3.63) is 0 Å². The van der Waals surface area contributed by atoms with E-state index in [0.717, 1.165) is 0 Å². The molecule has 0 rings (SSSR count). The molecule has 0 aromatic carbocycles. The normalized spacial score (nSPS) is 11.4. The molecule has 15 heavy (non-hydrogen) atoms. The van der Waals surface area contributed by atoms with Crippen LogP contribution in [0.15, 0.2) is 0 Å². The quantitative estimate of drug-likeness (QED) is 0.477. The number of rotatable bonds is 5. The first-order chi connectivity index (χ1) is 7.01. The van der Waals surface area contributed by atoms with E-state index in [1.165, 1.54) is 21.0 Å². The molecular formula is C8H15N3O4. The summed E-state index contributed by atoms with van der Waals surface area (Å²) in [5.74, 6) is -1.46. The van der Waals surface area contributed by atoms with Gasteiger partial charge in [-0.2, -0.15) is 5.48 Å². The Labute approximate surface area is 87.5 Å². The molecule has 3 N–H and O–H groups in total. The Balaban J connectivity index is 4.30. The van der Waals surface area contributed by atoms with E-state index in [0.29, 0.717) is 0 Å². The topological polar surface area (TPSA) is 96.5 Å². The standard InChI is InChI=1S/C8H15N3O4/c1-5(12)11-6(8(14)9-2)4-7(13)15-10-3/h6,10H,4H2,1-3H3,(H,9,14)(H,11,12). The van der Waals surface area contributed by atoms with E-state index in [4.69, 9.17) is 0 Å². The largest absolute Gasteiger partial charge is 0.371 e. The van der Waals surface area contributed by atoms with Gasteiger partial charge >= 0.3 is 5.97 Å². The maximum absolute atomic E-state index is 11.2. The van der Waals surface area contributed by atoms with Crippen molar-refractivity contribution in [3.8, 4) is 0 Å². The highest BCUT2D eigenvalue weighted by atomic mass is 16.7. The van der Waals surface area contributed by atoms with Crippen LogP contribution in [0.5, 0.6) is 0 Å². The third-order valence-electron chi connectivity index (χ3n) is 1.53. The van der Waals surface area contributed by atoms with E-state index in [1.54, 1.807) is 0 Å². The van der Waals surface area contributed by atoms with Crippen molar-refractivity contribution >= 4 is 17.8 Å². The van der Waals surface area contributed by atoms with Crippen LogP contribution >= 0.6 is 0 Å². The first-order valence-corrected chi connectivity index (χ1v) is 4.36. The van der Waals surface area contributed by atoms with Crippen LogP contribution in [0.4, 0.5) is 0 Å². The molecule has 0 aromatic rings. The van der Waals surface area contributed by atoms with Crippen molar-refractivity contribution in [3.63, 3.8) is 0 Å². The maximum Gasteiger partial charge on any atom is 0.327 e. The van der Waals surface area contributed by atoms with Crippen LogP contribution in [-0.2, 0) is 19.2 Å². The Bertz CT molecular complexity index is 254. The molecule has 0 aliphatic carbocycles. The second-order valence-electron chi connectivity index (χ2n) is 2.75. The Morgan fingerprint density at radius 2 is 1.87 bits per heavy atom. The number of amides is 2. The van der Waals surface area contributed by atoms with E-state index >= 15 is 0 Å². The molecule has 0 bridgehead atoms. The summed E-state index contributed by atoms with van der Waals surface area (Å²) < 4.78 is 0. The molecule has 0 saturated heterocycles. The molecule has 0 spiro atoms. The van der Waals surface area contributed by atoms with Crippen molar-refractivity contribution in [1.82, 2.24) is 16.1 Å². The van der Waals surface area contributed by atoms with Gasteiger partial charge in [-0.15, -0.1) is 0 Å². The molecule has 2 amide bonds. The van der Waals surface area contributed by atoms with Crippen LogP contribution in [0.1, 0.15) is 13.3 Å². The number of carbonyl (C=O) groups excluding carboxylic acids is 3. The van der Waals surface area contributed by atoms with Crippen molar-refractivity contribution in [2.45, 2.75) is 19.4 Å². The summed E-state index contributed by atoms with van der Waals surface area (Å²) in [7, 11) is 2.84. The highest BCUT2D eigenvalue weighted by Gasteiger charge is 2.22. The fourth-order valence-corrected chi connectivity index (χ4v) is 0.951. The molecule has 7 nitrogen and oxygen atoms in total. The van der Waals surface area contributed by atoms with Crippen LogP contribution in [0.25, 0.3) is 0 Å². The summed E-state index contributed by atoms with van der Waals surface area (Å²) in [6.45, 7) is 1.26. The predicted molar refractivity (Wildman–Crippen MR) is 51.4 cm³/mol. The van der Waals surface area contributed by atoms with Gasteiger partial charge in [-0.1, -0.05) is 0 Å². The van der Waals surface area contributed by atoms with Gasteiger partial charge in [-0.05, 0) is 0 Å². The number of hydrogen-bond donors (Lipinski definition) is 3. The molecule has 0 aromatic heterocycles. The van der Waals surface area contributed by atoms with Crippen molar-refractivity contribution < 1.29 is 19.2 Å². The second-order valence-corrected chi connectivity index (χ2v) is 2.75.